The number of hydrogen-bond acceptors (Lipinski definition) is 5. The van der Waals surface area contributed by atoms with Gasteiger partial charge in [-0.05, 0) is 56.5 Å². The van der Waals surface area contributed by atoms with Gasteiger partial charge < -0.3 is 18.8 Å². The zero-order chi connectivity index (χ0) is 26.1. The van der Waals surface area contributed by atoms with E-state index in [2.05, 4.69) is 0 Å². The molecule has 35 heavy (non-hydrogen) atoms. The number of alkyl halides is 3. The van der Waals surface area contributed by atoms with Gasteiger partial charge in [0.25, 0.3) is 5.56 Å². The summed E-state index contributed by atoms with van der Waals surface area (Å²) >= 11 is 6.15. The minimum absolute atomic E-state index is 0.124. The number of rotatable bonds is 5. The summed E-state index contributed by atoms with van der Waals surface area (Å²) in [5.74, 6) is -0.646. The van der Waals surface area contributed by atoms with Crippen molar-refractivity contribution < 1.29 is 32.2 Å². The fourth-order valence-electron chi connectivity index (χ4n) is 3.94. The van der Waals surface area contributed by atoms with Crippen molar-refractivity contribution in [2.75, 3.05) is 7.11 Å². The maximum Gasteiger partial charge on any atom is 0.414 e. The van der Waals surface area contributed by atoms with E-state index in [-0.39, 0.29) is 6.42 Å². The third-order valence-corrected chi connectivity index (χ3v) is 5.94. The lowest BCUT2D eigenvalue weighted by atomic mass is 9.92. The molecule has 0 aliphatic carbocycles. The Balaban J connectivity index is 2.16. The number of esters is 1. The van der Waals surface area contributed by atoms with Gasteiger partial charge in [0, 0.05) is 42.8 Å². The number of carbonyl (C=O) groups is 1. The zero-order valence-electron chi connectivity index (χ0n) is 20.2. The van der Waals surface area contributed by atoms with Gasteiger partial charge in [0.2, 0.25) is 0 Å². The minimum atomic E-state index is -4.59. The summed E-state index contributed by atoms with van der Waals surface area (Å²) in [6, 6.07) is 4.79. The molecule has 1 aliphatic heterocycles. The number of nitrogens with zero attached hydrogens (tertiary/aromatic N) is 1. The summed E-state index contributed by atoms with van der Waals surface area (Å²) in [5.41, 5.74) is 0.187. The molecule has 0 amide bonds. The molecule has 1 aliphatic rings. The maximum atomic E-state index is 13.6. The van der Waals surface area contributed by atoms with Gasteiger partial charge in [-0.25, -0.2) is 4.79 Å². The third kappa shape index (κ3) is 6.65. The normalized spacial score (nSPS) is 18.0. The van der Waals surface area contributed by atoms with Gasteiger partial charge in [0.15, 0.2) is 6.10 Å². The lowest BCUT2D eigenvalue weighted by molar-refractivity contribution is -0.223. The summed E-state index contributed by atoms with van der Waals surface area (Å²) in [6.07, 6.45) is -5.94. The molecule has 2 aromatic rings. The van der Waals surface area contributed by atoms with Gasteiger partial charge in [-0.2, -0.15) is 13.2 Å². The lowest BCUT2D eigenvalue weighted by Crippen LogP contribution is -2.37. The number of hydrogen-bond donors (Lipinski definition) is 0. The third-order valence-electron chi connectivity index (χ3n) is 5.71. The van der Waals surface area contributed by atoms with Crippen molar-refractivity contribution in [1.82, 2.24) is 4.57 Å². The van der Waals surface area contributed by atoms with Crippen molar-refractivity contribution in [3.8, 4) is 11.1 Å². The van der Waals surface area contributed by atoms with Crippen LogP contribution < -0.4 is 5.56 Å². The SMILES string of the molecule is CO[C@@H](C)CC(C(=O)OC(C)(C)C)n1cc2c(cc1=O)-c1cc(Cl)ccc1C[C@@H](C(F)(F)F)OC2. The maximum absolute atomic E-state index is 13.6. The van der Waals surface area contributed by atoms with E-state index in [9.17, 15) is 22.8 Å². The van der Waals surface area contributed by atoms with Crippen LogP contribution in [0.4, 0.5) is 13.2 Å². The Morgan fingerprint density at radius 3 is 2.46 bits per heavy atom. The summed E-state index contributed by atoms with van der Waals surface area (Å²) in [6.45, 7) is 6.45. The van der Waals surface area contributed by atoms with Crippen LogP contribution in [0.2, 0.25) is 5.02 Å². The molecule has 0 saturated carbocycles. The van der Waals surface area contributed by atoms with Crippen LogP contribution >= 0.6 is 11.6 Å². The fraction of sp³-hybridized carbons (Fsp3) is 0.520. The van der Waals surface area contributed by atoms with Gasteiger partial charge >= 0.3 is 12.1 Å². The van der Waals surface area contributed by atoms with E-state index in [0.29, 0.717) is 27.3 Å². The van der Waals surface area contributed by atoms with Crippen LogP contribution in [0.1, 0.15) is 51.3 Å². The smallest absolute Gasteiger partial charge is 0.414 e. The predicted molar refractivity (Wildman–Crippen MR) is 125 cm³/mol. The monoisotopic (exact) mass is 515 g/mol. The van der Waals surface area contributed by atoms with Crippen molar-refractivity contribution in [2.45, 2.75) is 77.2 Å². The molecule has 10 heteroatoms. The largest absolute Gasteiger partial charge is 0.458 e. The molecule has 0 N–H and O–H groups in total. The Hall–Kier alpha value is -2.36. The molecule has 1 aromatic carbocycles. The summed E-state index contributed by atoms with van der Waals surface area (Å²) in [7, 11) is 1.48. The van der Waals surface area contributed by atoms with Crippen molar-refractivity contribution in [2.24, 2.45) is 0 Å². The minimum Gasteiger partial charge on any atom is -0.458 e. The molecule has 0 radical (unpaired) electrons. The van der Waals surface area contributed by atoms with E-state index in [1.165, 1.54) is 42.1 Å². The Bertz CT molecular complexity index is 1140. The first-order valence-corrected chi connectivity index (χ1v) is 11.5. The van der Waals surface area contributed by atoms with E-state index in [1.54, 1.807) is 27.7 Å². The quantitative estimate of drug-likeness (QED) is 0.493. The number of ether oxygens (including phenoxy) is 3. The Morgan fingerprint density at radius 1 is 1.20 bits per heavy atom. The number of methoxy groups -OCH3 is 1. The second kappa shape index (κ2) is 10.3. The first-order chi connectivity index (χ1) is 16.2. The van der Waals surface area contributed by atoms with Crippen LogP contribution in [0.3, 0.4) is 0 Å². The molecule has 0 saturated heterocycles. The van der Waals surface area contributed by atoms with E-state index >= 15 is 0 Å². The number of aromatic nitrogens is 1. The molecule has 1 unspecified atom stereocenters. The second-order valence-electron chi connectivity index (χ2n) is 9.64. The highest BCUT2D eigenvalue weighted by molar-refractivity contribution is 6.30. The van der Waals surface area contributed by atoms with Crippen molar-refractivity contribution in [3.05, 3.63) is 57.0 Å². The average molecular weight is 516 g/mol. The van der Waals surface area contributed by atoms with Crippen LogP contribution in [0.5, 0.6) is 0 Å². The van der Waals surface area contributed by atoms with Gasteiger partial charge in [0.1, 0.15) is 11.6 Å². The van der Waals surface area contributed by atoms with Crippen LogP contribution in [0, 0.1) is 0 Å². The Kier molecular flexibility index (Phi) is 8.03. The standard InChI is InChI=1S/C25H29ClF3NO5/c1-14(33-5)8-20(23(32)35-24(2,3)4)30-12-16-13-34-21(25(27,28)29)9-15-6-7-17(26)10-18(15)19(16)11-22(30)31/h6-7,10-12,14,20-21H,8-9,13H2,1-5H3/t14-,20?,21-/m0/s1. The predicted octanol–water partition coefficient (Wildman–Crippen LogP) is 5.48. The molecule has 6 nitrogen and oxygen atoms in total. The van der Waals surface area contributed by atoms with Crippen LogP contribution in [-0.4, -0.2) is 41.6 Å². The van der Waals surface area contributed by atoms with Gasteiger partial charge in [-0.3, -0.25) is 4.79 Å². The zero-order valence-corrected chi connectivity index (χ0v) is 21.0. The summed E-state index contributed by atoms with van der Waals surface area (Å²) < 4.78 is 58.2. The number of pyridine rings is 1. The van der Waals surface area contributed by atoms with Crippen LogP contribution in [0.15, 0.2) is 35.3 Å². The topological polar surface area (TPSA) is 66.8 Å². The highest BCUT2D eigenvalue weighted by Gasteiger charge is 2.42. The second-order valence-corrected chi connectivity index (χ2v) is 10.1. The molecule has 3 atom stereocenters. The Labute approximate surface area is 206 Å². The first-order valence-electron chi connectivity index (χ1n) is 11.2. The first kappa shape index (κ1) is 27.2. The average Bonchev–Trinajstić information content (AvgIpc) is 2.72. The van der Waals surface area contributed by atoms with Gasteiger partial charge in [0.05, 0.1) is 12.7 Å². The van der Waals surface area contributed by atoms with Crippen molar-refractivity contribution >= 4 is 17.6 Å². The van der Waals surface area contributed by atoms with Crippen molar-refractivity contribution in [3.63, 3.8) is 0 Å². The number of halogens is 4. The lowest BCUT2D eigenvalue weighted by Gasteiger charge is -2.29. The molecule has 2 heterocycles. The van der Waals surface area contributed by atoms with E-state index < -0.39 is 54.6 Å². The summed E-state index contributed by atoms with van der Waals surface area (Å²) in [5, 5.41) is 0.324. The Morgan fingerprint density at radius 2 is 1.86 bits per heavy atom. The summed E-state index contributed by atoms with van der Waals surface area (Å²) in [4.78, 5) is 26.3. The molecule has 0 spiro atoms. The fourth-order valence-corrected chi connectivity index (χ4v) is 4.11. The van der Waals surface area contributed by atoms with E-state index in [4.69, 9.17) is 25.8 Å². The van der Waals surface area contributed by atoms with E-state index in [0.717, 1.165) is 0 Å². The molecular formula is C25H29ClF3NO5. The number of carbonyl (C=O) groups excluding carboxylic acids is 1. The molecule has 0 fully saturated rings. The number of benzene rings is 1. The molecule has 0 bridgehead atoms. The van der Waals surface area contributed by atoms with Crippen LogP contribution in [0.25, 0.3) is 11.1 Å². The number of fused-ring (bicyclic) bond motifs is 3. The molecule has 192 valence electrons. The van der Waals surface area contributed by atoms with E-state index in [1.807, 2.05) is 0 Å². The van der Waals surface area contributed by atoms with Crippen molar-refractivity contribution in [1.29, 1.82) is 0 Å². The molecular weight excluding hydrogens is 487 g/mol. The van der Waals surface area contributed by atoms with Gasteiger partial charge in [-0.15, -0.1) is 0 Å². The van der Waals surface area contributed by atoms with Crippen LogP contribution in [-0.2, 0) is 32.0 Å². The molecule has 3 rings (SSSR count). The highest BCUT2D eigenvalue weighted by Crippen LogP contribution is 2.37. The molecule has 1 aromatic heterocycles. The highest BCUT2D eigenvalue weighted by atomic mass is 35.5. The van der Waals surface area contributed by atoms with Gasteiger partial charge in [-0.1, -0.05) is 17.7 Å².